The van der Waals surface area contributed by atoms with Crippen molar-refractivity contribution in [1.29, 1.82) is 0 Å². The maximum Gasteiger partial charge on any atom is 0.0348 e. The van der Waals surface area contributed by atoms with Crippen LogP contribution in [0.25, 0.3) is 0 Å². The predicted molar refractivity (Wildman–Crippen MR) is 88.1 cm³/mol. The van der Waals surface area contributed by atoms with E-state index in [0.717, 1.165) is 12.5 Å². The summed E-state index contributed by atoms with van der Waals surface area (Å²) in [4.78, 5) is 0. The number of benzene rings is 1. The molecule has 0 saturated heterocycles. The molecule has 0 aliphatic heterocycles. The highest BCUT2D eigenvalue weighted by atomic mass is 14.9. The summed E-state index contributed by atoms with van der Waals surface area (Å²) in [6, 6.07) is 7.61. The fraction of sp³-hybridized carbons (Fsp3) is 0.684. The Bertz CT molecular complexity index is 402. The van der Waals surface area contributed by atoms with Gasteiger partial charge >= 0.3 is 0 Å². The maximum atomic E-state index is 3.83. The molecule has 1 fully saturated rings. The molecule has 0 radical (unpaired) electrons. The average molecular weight is 273 g/mol. The maximum absolute atomic E-state index is 3.83. The highest BCUT2D eigenvalue weighted by Crippen LogP contribution is 2.34. The van der Waals surface area contributed by atoms with Crippen LogP contribution in [0.5, 0.6) is 0 Å². The molecule has 0 spiro atoms. The Morgan fingerprint density at radius 1 is 1.05 bits per heavy atom. The Hall–Kier alpha value is -0.820. The third-order valence-corrected chi connectivity index (χ3v) is 4.88. The molecule has 112 valence electrons. The number of rotatable bonds is 5. The van der Waals surface area contributed by atoms with Crippen LogP contribution in [0.3, 0.4) is 0 Å². The minimum absolute atomic E-state index is 0.562. The van der Waals surface area contributed by atoms with E-state index in [1.54, 1.807) is 0 Å². The summed E-state index contributed by atoms with van der Waals surface area (Å²) in [7, 11) is 0. The molecular formula is C19H31N. The van der Waals surface area contributed by atoms with Gasteiger partial charge in [0, 0.05) is 6.04 Å². The molecule has 1 unspecified atom stereocenters. The van der Waals surface area contributed by atoms with E-state index in [1.165, 1.54) is 61.6 Å². The van der Waals surface area contributed by atoms with Gasteiger partial charge in [-0.15, -0.1) is 0 Å². The Kier molecular flexibility index (Phi) is 6.09. The van der Waals surface area contributed by atoms with Crippen LogP contribution in [-0.4, -0.2) is 6.54 Å². The number of hydrogen-bond acceptors (Lipinski definition) is 1. The molecule has 0 amide bonds. The molecule has 2 rings (SSSR count). The van der Waals surface area contributed by atoms with Gasteiger partial charge in [-0.2, -0.15) is 0 Å². The minimum atomic E-state index is 0.562. The summed E-state index contributed by atoms with van der Waals surface area (Å²) in [5.74, 6) is 0.825. The van der Waals surface area contributed by atoms with E-state index in [2.05, 4.69) is 44.3 Å². The van der Waals surface area contributed by atoms with E-state index in [9.17, 15) is 0 Å². The lowest BCUT2D eigenvalue weighted by Gasteiger charge is -2.28. The van der Waals surface area contributed by atoms with Gasteiger partial charge in [0.25, 0.3) is 0 Å². The van der Waals surface area contributed by atoms with E-state index in [-0.39, 0.29) is 0 Å². The summed E-state index contributed by atoms with van der Waals surface area (Å²) in [6.07, 6.45) is 9.71. The summed E-state index contributed by atoms with van der Waals surface area (Å²) >= 11 is 0. The van der Waals surface area contributed by atoms with Crippen molar-refractivity contribution in [3.63, 3.8) is 0 Å². The molecule has 1 nitrogen and oxygen atoms in total. The Morgan fingerprint density at radius 3 is 2.35 bits per heavy atom. The molecule has 20 heavy (non-hydrogen) atoms. The van der Waals surface area contributed by atoms with Crippen LogP contribution in [-0.2, 0) is 0 Å². The molecule has 1 aromatic rings. The third kappa shape index (κ3) is 4.09. The van der Waals surface area contributed by atoms with Gasteiger partial charge in [0.1, 0.15) is 0 Å². The Morgan fingerprint density at radius 2 is 1.75 bits per heavy atom. The van der Waals surface area contributed by atoms with Gasteiger partial charge in [-0.1, -0.05) is 50.8 Å². The van der Waals surface area contributed by atoms with E-state index < -0.39 is 0 Å². The Labute approximate surface area is 125 Å². The zero-order valence-corrected chi connectivity index (χ0v) is 13.5. The summed E-state index contributed by atoms with van der Waals surface area (Å²) in [5, 5.41) is 3.83. The Balaban J connectivity index is 2.18. The molecule has 1 aliphatic carbocycles. The summed E-state index contributed by atoms with van der Waals surface area (Å²) < 4.78 is 0. The second-order valence-electron chi connectivity index (χ2n) is 6.53. The zero-order valence-electron chi connectivity index (χ0n) is 13.5. The van der Waals surface area contributed by atoms with Gasteiger partial charge in [0.2, 0.25) is 0 Å². The lowest BCUT2D eigenvalue weighted by Crippen LogP contribution is -2.29. The van der Waals surface area contributed by atoms with Crippen LogP contribution >= 0.6 is 0 Å². The van der Waals surface area contributed by atoms with Crippen molar-refractivity contribution >= 4 is 0 Å². The normalized spacial score (nSPS) is 18.8. The van der Waals surface area contributed by atoms with Gasteiger partial charge in [-0.3, -0.25) is 0 Å². The number of hydrogen-bond donors (Lipinski definition) is 1. The van der Waals surface area contributed by atoms with Crippen molar-refractivity contribution in [2.45, 2.75) is 71.8 Å². The smallest absolute Gasteiger partial charge is 0.0348 e. The fourth-order valence-corrected chi connectivity index (χ4v) is 3.46. The van der Waals surface area contributed by atoms with Gasteiger partial charge < -0.3 is 5.32 Å². The van der Waals surface area contributed by atoms with Crippen molar-refractivity contribution in [2.75, 3.05) is 6.54 Å². The highest BCUT2D eigenvalue weighted by Gasteiger charge is 2.23. The van der Waals surface area contributed by atoms with Crippen LogP contribution in [0.15, 0.2) is 18.2 Å². The fourth-order valence-electron chi connectivity index (χ4n) is 3.46. The van der Waals surface area contributed by atoms with Gasteiger partial charge in [0.05, 0.1) is 0 Å². The monoisotopic (exact) mass is 273 g/mol. The molecule has 0 aromatic heterocycles. The summed E-state index contributed by atoms with van der Waals surface area (Å²) in [5.41, 5.74) is 4.34. The van der Waals surface area contributed by atoms with Crippen molar-refractivity contribution in [3.8, 4) is 0 Å². The quantitative estimate of drug-likeness (QED) is 0.716. The topological polar surface area (TPSA) is 12.0 Å². The van der Waals surface area contributed by atoms with Crippen molar-refractivity contribution in [2.24, 2.45) is 5.92 Å². The minimum Gasteiger partial charge on any atom is -0.310 e. The van der Waals surface area contributed by atoms with Crippen LogP contribution in [0.2, 0.25) is 0 Å². The molecule has 1 heteroatoms. The standard InChI is InChI=1S/C19H31N/c1-4-13-20-19(17-9-7-5-6-8-10-17)18-12-11-15(2)16(3)14-18/h11-12,14,17,19-20H,4-10,13H2,1-3H3. The molecule has 1 N–H and O–H groups in total. The molecule has 1 aliphatic rings. The first-order chi connectivity index (χ1) is 9.72. The third-order valence-electron chi connectivity index (χ3n) is 4.88. The lowest BCUT2D eigenvalue weighted by molar-refractivity contribution is 0.325. The van der Waals surface area contributed by atoms with E-state index in [4.69, 9.17) is 0 Å². The number of nitrogens with one attached hydrogen (secondary N) is 1. The largest absolute Gasteiger partial charge is 0.310 e. The molecule has 1 atom stereocenters. The second kappa shape index (κ2) is 7.83. The first-order valence-electron chi connectivity index (χ1n) is 8.53. The van der Waals surface area contributed by atoms with Crippen molar-refractivity contribution in [3.05, 3.63) is 34.9 Å². The van der Waals surface area contributed by atoms with Crippen LogP contribution < -0.4 is 5.32 Å². The SMILES string of the molecule is CCCNC(c1ccc(C)c(C)c1)C1CCCCCC1. The van der Waals surface area contributed by atoms with Gasteiger partial charge in [-0.05, 0) is 62.3 Å². The molecule has 0 bridgehead atoms. The van der Waals surface area contributed by atoms with E-state index >= 15 is 0 Å². The van der Waals surface area contributed by atoms with Crippen LogP contribution in [0.1, 0.15) is 74.6 Å². The second-order valence-corrected chi connectivity index (χ2v) is 6.53. The molecule has 1 saturated carbocycles. The van der Waals surface area contributed by atoms with Gasteiger partial charge in [0.15, 0.2) is 0 Å². The van der Waals surface area contributed by atoms with Gasteiger partial charge in [-0.25, -0.2) is 0 Å². The van der Waals surface area contributed by atoms with Crippen molar-refractivity contribution in [1.82, 2.24) is 5.32 Å². The molecule has 0 heterocycles. The molecular weight excluding hydrogens is 242 g/mol. The van der Waals surface area contributed by atoms with Crippen LogP contribution in [0.4, 0.5) is 0 Å². The predicted octanol–water partition coefficient (Wildman–Crippen LogP) is 5.31. The van der Waals surface area contributed by atoms with Crippen LogP contribution in [0, 0.1) is 19.8 Å². The van der Waals surface area contributed by atoms with E-state index in [1.807, 2.05) is 0 Å². The van der Waals surface area contributed by atoms with E-state index in [0.29, 0.717) is 6.04 Å². The first-order valence-corrected chi connectivity index (χ1v) is 8.53. The summed E-state index contributed by atoms with van der Waals surface area (Å²) in [6.45, 7) is 7.84. The zero-order chi connectivity index (χ0) is 14.4. The number of aryl methyl sites for hydroxylation is 2. The van der Waals surface area contributed by atoms with Crippen molar-refractivity contribution < 1.29 is 0 Å². The highest BCUT2D eigenvalue weighted by molar-refractivity contribution is 5.32. The molecule has 1 aromatic carbocycles. The average Bonchev–Trinajstić information content (AvgIpc) is 2.72. The lowest BCUT2D eigenvalue weighted by atomic mass is 9.86. The first kappa shape index (κ1) is 15.6.